The molecule has 0 N–H and O–H groups in total. The molecule has 2 unspecified atom stereocenters. The van der Waals surface area contributed by atoms with Crippen molar-refractivity contribution >= 4 is 0 Å². The first kappa shape index (κ1) is 12.5. The summed E-state index contributed by atoms with van der Waals surface area (Å²) >= 11 is 0. The van der Waals surface area contributed by atoms with Gasteiger partial charge in [0.25, 0.3) is 0 Å². The van der Waals surface area contributed by atoms with E-state index in [9.17, 15) is 0 Å². The summed E-state index contributed by atoms with van der Waals surface area (Å²) in [5, 5.41) is 0. The Morgan fingerprint density at radius 3 is 2.47 bits per heavy atom. The summed E-state index contributed by atoms with van der Waals surface area (Å²) in [5.41, 5.74) is 2.84. The zero-order valence-electron chi connectivity index (χ0n) is 11.7. The van der Waals surface area contributed by atoms with Crippen LogP contribution in [-0.2, 0) is 0 Å². The van der Waals surface area contributed by atoms with E-state index in [1.165, 1.54) is 11.1 Å². The Hall–Kier alpha value is -0.980. The topological polar surface area (TPSA) is 9.23 Å². The van der Waals surface area contributed by atoms with E-state index in [4.69, 9.17) is 4.74 Å². The van der Waals surface area contributed by atoms with Crippen LogP contribution >= 0.6 is 0 Å². The fraction of sp³-hybridized carbons (Fsp3) is 0.625. The van der Waals surface area contributed by atoms with Gasteiger partial charge in [-0.1, -0.05) is 39.8 Å². The van der Waals surface area contributed by atoms with Crippen molar-refractivity contribution in [1.82, 2.24) is 0 Å². The molecule has 1 heterocycles. The number of hydrogen-bond acceptors (Lipinski definition) is 1. The molecule has 0 saturated carbocycles. The smallest absolute Gasteiger partial charge is 0.123 e. The summed E-state index contributed by atoms with van der Waals surface area (Å²) in [4.78, 5) is 0. The fourth-order valence-electron chi connectivity index (χ4n) is 2.70. The lowest BCUT2D eigenvalue weighted by Gasteiger charge is -2.33. The zero-order valence-corrected chi connectivity index (χ0v) is 11.7. The van der Waals surface area contributed by atoms with E-state index in [1.807, 2.05) is 0 Å². The molecular weight excluding hydrogens is 208 g/mol. The molecule has 0 aromatic heterocycles. The van der Waals surface area contributed by atoms with Crippen LogP contribution in [-0.4, -0.2) is 6.10 Å². The van der Waals surface area contributed by atoms with E-state index in [0.717, 1.165) is 12.2 Å². The first-order valence-electron chi connectivity index (χ1n) is 6.79. The molecule has 1 aromatic carbocycles. The Morgan fingerprint density at radius 1 is 1.18 bits per heavy atom. The van der Waals surface area contributed by atoms with Gasteiger partial charge in [-0.25, -0.2) is 0 Å². The molecule has 2 atom stereocenters. The highest BCUT2D eigenvalue weighted by molar-refractivity contribution is 5.42. The van der Waals surface area contributed by atoms with Crippen molar-refractivity contribution < 1.29 is 4.74 Å². The minimum Gasteiger partial charge on any atom is -0.490 e. The fourth-order valence-corrected chi connectivity index (χ4v) is 2.70. The predicted octanol–water partition coefficient (Wildman–Crippen LogP) is 4.72. The van der Waals surface area contributed by atoms with Gasteiger partial charge in [-0.15, -0.1) is 0 Å². The predicted molar refractivity (Wildman–Crippen MR) is 72.8 cm³/mol. The Morgan fingerprint density at radius 2 is 1.88 bits per heavy atom. The summed E-state index contributed by atoms with van der Waals surface area (Å²) in [6, 6.07) is 6.73. The number of hydrogen-bond donors (Lipinski definition) is 0. The van der Waals surface area contributed by atoms with Crippen molar-refractivity contribution in [3.63, 3.8) is 0 Å². The van der Waals surface area contributed by atoms with Crippen molar-refractivity contribution in [3.8, 4) is 5.75 Å². The van der Waals surface area contributed by atoms with E-state index in [1.54, 1.807) is 0 Å². The molecule has 0 spiro atoms. The van der Waals surface area contributed by atoms with Gasteiger partial charge < -0.3 is 4.74 Å². The van der Waals surface area contributed by atoms with Crippen molar-refractivity contribution in [3.05, 3.63) is 29.3 Å². The molecule has 94 valence electrons. The third-order valence-corrected chi connectivity index (χ3v) is 3.82. The van der Waals surface area contributed by atoms with Crippen LogP contribution in [0.4, 0.5) is 0 Å². The summed E-state index contributed by atoms with van der Waals surface area (Å²) in [7, 11) is 0. The molecule has 0 fully saturated rings. The normalized spacial score (nSPS) is 23.7. The van der Waals surface area contributed by atoms with Crippen LogP contribution in [0.1, 0.15) is 64.0 Å². The minimum absolute atomic E-state index is 0.347. The average Bonchev–Trinajstić information content (AvgIpc) is 2.26. The second kappa shape index (κ2) is 4.72. The molecule has 0 amide bonds. The number of rotatable bonds is 2. The number of ether oxygens (including phenoxy) is 1. The van der Waals surface area contributed by atoms with Gasteiger partial charge in [-0.3, -0.25) is 0 Å². The molecule has 1 aromatic rings. The maximum absolute atomic E-state index is 5.95. The summed E-state index contributed by atoms with van der Waals surface area (Å²) in [5.74, 6) is 3.02. The van der Waals surface area contributed by atoms with Crippen LogP contribution in [0.25, 0.3) is 0 Å². The Bertz CT molecular complexity index is 393. The lowest BCUT2D eigenvalue weighted by Crippen LogP contribution is -2.25. The van der Waals surface area contributed by atoms with E-state index < -0.39 is 0 Å². The molecule has 2 rings (SSSR count). The molecular formula is C16H24O. The highest BCUT2D eigenvalue weighted by Crippen LogP contribution is 2.41. The Labute approximate surface area is 105 Å². The van der Waals surface area contributed by atoms with Crippen LogP contribution in [0, 0.1) is 5.92 Å². The molecule has 0 radical (unpaired) electrons. The zero-order chi connectivity index (χ0) is 12.6. The van der Waals surface area contributed by atoms with Gasteiger partial charge in [0.05, 0.1) is 6.10 Å². The lowest BCUT2D eigenvalue weighted by molar-refractivity contribution is 0.163. The van der Waals surface area contributed by atoms with Crippen molar-refractivity contribution in [2.24, 2.45) is 5.92 Å². The van der Waals surface area contributed by atoms with Gasteiger partial charge in [0.1, 0.15) is 5.75 Å². The van der Waals surface area contributed by atoms with Gasteiger partial charge in [0.15, 0.2) is 0 Å². The quantitative estimate of drug-likeness (QED) is 0.717. The van der Waals surface area contributed by atoms with Gasteiger partial charge in [0, 0.05) is 0 Å². The summed E-state index contributed by atoms with van der Waals surface area (Å²) in [6.45, 7) is 11.3. The van der Waals surface area contributed by atoms with Gasteiger partial charge >= 0.3 is 0 Å². The van der Waals surface area contributed by atoms with Crippen LogP contribution in [0.15, 0.2) is 18.2 Å². The SMILES string of the molecule is CC1CC(C(C)C)c2cc(C(C)C)ccc2O1. The van der Waals surface area contributed by atoms with Crippen LogP contribution < -0.4 is 4.74 Å². The third-order valence-electron chi connectivity index (χ3n) is 3.82. The molecule has 0 bridgehead atoms. The minimum atomic E-state index is 0.347. The van der Waals surface area contributed by atoms with Crippen molar-refractivity contribution in [2.45, 2.75) is 59.0 Å². The second-order valence-electron chi connectivity index (χ2n) is 5.97. The van der Waals surface area contributed by atoms with E-state index in [2.05, 4.69) is 52.8 Å². The molecule has 0 aliphatic carbocycles. The van der Waals surface area contributed by atoms with Crippen molar-refractivity contribution in [2.75, 3.05) is 0 Å². The molecule has 0 saturated heterocycles. The Balaban J connectivity index is 2.42. The molecule has 17 heavy (non-hydrogen) atoms. The highest BCUT2D eigenvalue weighted by atomic mass is 16.5. The molecule has 1 nitrogen and oxygen atoms in total. The largest absolute Gasteiger partial charge is 0.490 e. The maximum Gasteiger partial charge on any atom is 0.123 e. The lowest BCUT2D eigenvalue weighted by atomic mass is 9.81. The first-order chi connectivity index (χ1) is 7.99. The summed E-state index contributed by atoms with van der Waals surface area (Å²) in [6.07, 6.45) is 1.49. The third kappa shape index (κ3) is 2.48. The molecule has 1 aliphatic rings. The molecule has 1 heteroatoms. The Kier molecular flexibility index (Phi) is 3.46. The van der Waals surface area contributed by atoms with Crippen LogP contribution in [0.5, 0.6) is 5.75 Å². The van der Waals surface area contributed by atoms with Gasteiger partial charge in [-0.2, -0.15) is 0 Å². The number of benzene rings is 1. The summed E-state index contributed by atoms with van der Waals surface area (Å²) < 4.78 is 5.95. The average molecular weight is 232 g/mol. The van der Waals surface area contributed by atoms with Crippen molar-refractivity contribution in [1.29, 1.82) is 0 Å². The first-order valence-corrected chi connectivity index (χ1v) is 6.79. The van der Waals surface area contributed by atoms with Crippen LogP contribution in [0.2, 0.25) is 0 Å². The standard InChI is InChI=1S/C16H24O/c1-10(2)13-6-7-16-15(9-13)14(11(3)4)8-12(5)17-16/h6-7,9-12,14H,8H2,1-5H3. The number of fused-ring (bicyclic) bond motifs is 1. The van der Waals surface area contributed by atoms with Gasteiger partial charge in [-0.05, 0) is 48.3 Å². The van der Waals surface area contributed by atoms with Crippen LogP contribution in [0.3, 0.4) is 0 Å². The second-order valence-corrected chi connectivity index (χ2v) is 5.97. The molecule has 1 aliphatic heterocycles. The van der Waals surface area contributed by atoms with E-state index in [0.29, 0.717) is 23.9 Å². The van der Waals surface area contributed by atoms with E-state index in [-0.39, 0.29) is 0 Å². The highest BCUT2D eigenvalue weighted by Gasteiger charge is 2.28. The maximum atomic E-state index is 5.95. The van der Waals surface area contributed by atoms with Gasteiger partial charge in [0.2, 0.25) is 0 Å². The van der Waals surface area contributed by atoms with E-state index >= 15 is 0 Å². The monoisotopic (exact) mass is 232 g/mol.